The Bertz CT molecular complexity index is 168. The van der Waals surface area contributed by atoms with Gasteiger partial charge in [0.15, 0.2) is 0 Å². The van der Waals surface area contributed by atoms with Crippen LogP contribution >= 0.6 is 0 Å². The molecule has 1 aromatic heterocycles. The number of hydrogen-bond donors (Lipinski definition) is 1. The summed E-state index contributed by atoms with van der Waals surface area (Å²) in [5, 5.41) is 12.9. The van der Waals surface area contributed by atoms with Crippen molar-refractivity contribution >= 4 is 0 Å². The van der Waals surface area contributed by atoms with Gasteiger partial charge in [0, 0.05) is 12.4 Å². The minimum atomic E-state index is 0.148. The molecule has 1 unspecified atom stereocenters. The normalized spacial score (nSPS) is 13.4. The van der Waals surface area contributed by atoms with Crippen molar-refractivity contribution in [2.24, 2.45) is 0 Å². The van der Waals surface area contributed by atoms with E-state index in [9.17, 15) is 0 Å². The standard InChI is InChI=1S/C7H12N2O/c1-2-7(6-10)9-5-3-4-8-9/h3-5,7,10H,2,6H2,1H3. The Balaban J connectivity index is 2.64. The molecule has 0 aliphatic rings. The Kier molecular flexibility index (Phi) is 2.45. The molecule has 3 nitrogen and oxygen atoms in total. The molecule has 10 heavy (non-hydrogen) atoms. The van der Waals surface area contributed by atoms with Gasteiger partial charge in [-0.05, 0) is 12.5 Å². The second-order valence-corrected chi connectivity index (χ2v) is 2.23. The fraction of sp³-hybridized carbons (Fsp3) is 0.571. The highest BCUT2D eigenvalue weighted by molar-refractivity contribution is 4.80. The third-order valence-corrected chi connectivity index (χ3v) is 1.58. The Labute approximate surface area is 60.3 Å². The van der Waals surface area contributed by atoms with Crippen LogP contribution in [0.25, 0.3) is 0 Å². The fourth-order valence-electron chi connectivity index (χ4n) is 0.896. The third kappa shape index (κ3) is 1.36. The van der Waals surface area contributed by atoms with Gasteiger partial charge in [0.1, 0.15) is 0 Å². The highest BCUT2D eigenvalue weighted by Gasteiger charge is 2.04. The SMILES string of the molecule is CCC(CO)n1cccn1. The number of aromatic nitrogens is 2. The average molecular weight is 140 g/mol. The van der Waals surface area contributed by atoms with Crippen LogP contribution in [0.5, 0.6) is 0 Å². The van der Waals surface area contributed by atoms with Crippen LogP contribution in [0, 0.1) is 0 Å². The van der Waals surface area contributed by atoms with Crippen molar-refractivity contribution in [1.82, 2.24) is 9.78 Å². The molecule has 0 spiro atoms. The van der Waals surface area contributed by atoms with Crippen LogP contribution in [0.15, 0.2) is 18.5 Å². The highest BCUT2D eigenvalue weighted by atomic mass is 16.3. The van der Waals surface area contributed by atoms with Crippen molar-refractivity contribution in [2.75, 3.05) is 6.61 Å². The van der Waals surface area contributed by atoms with Crippen molar-refractivity contribution in [1.29, 1.82) is 0 Å². The van der Waals surface area contributed by atoms with Gasteiger partial charge in [-0.1, -0.05) is 6.92 Å². The molecular formula is C7H12N2O. The maximum atomic E-state index is 8.84. The van der Waals surface area contributed by atoms with E-state index >= 15 is 0 Å². The molecule has 3 heteroatoms. The van der Waals surface area contributed by atoms with Gasteiger partial charge in [-0.3, -0.25) is 4.68 Å². The van der Waals surface area contributed by atoms with Crippen molar-refractivity contribution in [3.05, 3.63) is 18.5 Å². The summed E-state index contributed by atoms with van der Waals surface area (Å²) in [4.78, 5) is 0. The zero-order valence-corrected chi connectivity index (χ0v) is 6.07. The van der Waals surface area contributed by atoms with E-state index in [1.54, 1.807) is 10.9 Å². The van der Waals surface area contributed by atoms with E-state index in [0.29, 0.717) is 0 Å². The quantitative estimate of drug-likeness (QED) is 0.675. The first-order chi connectivity index (χ1) is 4.88. The second-order valence-electron chi connectivity index (χ2n) is 2.23. The van der Waals surface area contributed by atoms with E-state index in [4.69, 9.17) is 5.11 Å². The van der Waals surface area contributed by atoms with Crippen molar-refractivity contribution in [3.8, 4) is 0 Å². The minimum Gasteiger partial charge on any atom is -0.394 e. The second kappa shape index (κ2) is 3.37. The third-order valence-electron chi connectivity index (χ3n) is 1.58. The lowest BCUT2D eigenvalue weighted by Gasteiger charge is -2.10. The molecule has 0 aliphatic carbocycles. The summed E-state index contributed by atoms with van der Waals surface area (Å²) < 4.78 is 1.78. The number of hydrogen-bond acceptors (Lipinski definition) is 2. The van der Waals surface area contributed by atoms with E-state index < -0.39 is 0 Å². The maximum absolute atomic E-state index is 8.84. The lowest BCUT2D eigenvalue weighted by molar-refractivity contribution is 0.215. The van der Waals surface area contributed by atoms with Crippen LogP contribution in [-0.2, 0) is 0 Å². The number of aliphatic hydroxyl groups is 1. The first-order valence-corrected chi connectivity index (χ1v) is 3.48. The summed E-state index contributed by atoms with van der Waals surface area (Å²) in [6.45, 7) is 2.20. The predicted octanol–water partition coefficient (Wildman–Crippen LogP) is 0.827. The molecule has 0 fully saturated rings. The summed E-state index contributed by atoms with van der Waals surface area (Å²) in [6, 6.07) is 2.01. The van der Waals surface area contributed by atoms with Gasteiger partial charge in [-0.2, -0.15) is 5.10 Å². The van der Waals surface area contributed by atoms with Crippen LogP contribution in [0.2, 0.25) is 0 Å². The highest BCUT2D eigenvalue weighted by Crippen LogP contribution is 2.06. The Morgan fingerprint density at radius 2 is 2.50 bits per heavy atom. The van der Waals surface area contributed by atoms with Crippen LogP contribution in [0.3, 0.4) is 0 Å². The smallest absolute Gasteiger partial charge is 0.0747 e. The molecule has 0 saturated heterocycles. The first kappa shape index (κ1) is 7.28. The molecule has 0 amide bonds. The molecule has 1 N–H and O–H groups in total. The molecule has 56 valence electrons. The van der Waals surface area contributed by atoms with E-state index in [2.05, 4.69) is 5.10 Å². The lowest BCUT2D eigenvalue weighted by atomic mass is 10.2. The molecule has 1 heterocycles. The Hall–Kier alpha value is -0.830. The molecule has 0 bridgehead atoms. The van der Waals surface area contributed by atoms with E-state index in [1.807, 2.05) is 19.2 Å². The fourth-order valence-corrected chi connectivity index (χ4v) is 0.896. The lowest BCUT2D eigenvalue weighted by Crippen LogP contribution is -2.12. The summed E-state index contributed by atoms with van der Waals surface area (Å²) in [5.74, 6) is 0. The van der Waals surface area contributed by atoms with Crippen LogP contribution < -0.4 is 0 Å². The van der Waals surface area contributed by atoms with Crippen molar-refractivity contribution in [3.63, 3.8) is 0 Å². The zero-order chi connectivity index (χ0) is 7.40. The summed E-state index contributed by atoms with van der Waals surface area (Å²) >= 11 is 0. The number of nitrogens with zero attached hydrogens (tertiary/aromatic N) is 2. The Morgan fingerprint density at radius 3 is 2.90 bits per heavy atom. The van der Waals surface area contributed by atoms with Crippen LogP contribution in [0.1, 0.15) is 19.4 Å². The molecule has 0 aliphatic heterocycles. The van der Waals surface area contributed by atoms with E-state index in [-0.39, 0.29) is 12.6 Å². The van der Waals surface area contributed by atoms with Gasteiger partial charge in [0.05, 0.1) is 12.6 Å². The molecular weight excluding hydrogens is 128 g/mol. The summed E-state index contributed by atoms with van der Waals surface area (Å²) in [6.07, 6.45) is 4.50. The zero-order valence-electron chi connectivity index (χ0n) is 6.07. The molecule has 0 radical (unpaired) electrons. The largest absolute Gasteiger partial charge is 0.394 e. The van der Waals surface area contributed by atoms with Crippen LogP contribution in [-0.4, -0.2) is 21.5 Å². The van der Waals surface area contributed by atoms with Gasteiger partial charge in [-0.15, -0.1) is 0 Å². The Morgan fingerprint density at radius 1 is 1.70 bits per heavy atom. The van der Waals surface area contributed by atoms with E-state index in [0.717, 1.165) is 6.42 Å². The molecule has 0 saturated carbocycles. The summed E-state index contributed by atoms with van der Waals surface area (Å²) in [7, 11) is 0. The van der Waals surface area contributed by atoms with E-state index in [1.165, 1.54) is 0 Å². The van der Waals surface area contributed by atoms with Gasteiger partial charge in [-0.25, -0.2) is 0 Å². The predicted molar refractivity (Wildman–Crippen MR) is 38.6 cm³/mol. The van der Waals surface area contributed by atoms with Gasteiger partial charge < -0.3 is 5.11 Å². The van der Waals surface area contributed by atoms with Gasteiger partial charge in [0.2, 0.25) is 0 Å². The maximum Gasteiger partial charge on any atom is 0.0747 e. The molecule has 1 atom stereocenters. The monoisotopic (exact) mass is 140 g/mol. The summed E-state index contributed by atoms with van der Waals surface area (Å²) in [5.41, 5.74) is 0. The van der Waals surface area contributed by atoms with Crippen LogP contribution in [0.4, 0.5) is 0 Å². The molecule has 1 aromatic rings. The topological polar surface area (TPSA) is 38.0 Å². The molecule has 1 rings (SSSR count). The minimum absolute atomic E-state index is 0.148. The van der Waals surface area contributed by atoms with Crippen molar-refractivity contribution < 1.29 is 5.11 Å². The van der Waals surface area contributed by atoms with Gasteiger partial charge in [0.25, 0.3) is 0 Å². The number of aliphatic hydroxyl groups excluding tert-OH is 1. The first-order valence-electron chi connectivity index (χ1n) is 3.48. The molecule has 0 aromatic carbocycles. The number of rotatable bonds is 3. The van der Waals surface area contributed by atoms with Crippen molar-refractivity contribution in [2.45, 2.75) is 19.4 Å². The van der Waals surface area contributed by atoms with Gasteiger partial charge >= 0.3 is 0 Å². The average Bonchev–Trinajstić information content (AvgIpc) is 2.43.